The summed E-state index contributed by atoms with van der Waals surface area (Å²) < 4.78 is 3.02. The quantitative estimate of drug-likeness (QED) is 0.526. The molecular formula is C15H24BrNSi. The van der Waals surface area contributed by atoms with Gasteiger partial charge in [-0.05, 0) is 44.7 Å². The second kappa shape index (κ2) is 6.12. The van der Waals surface area contributed by atoms with E-state index in [9.17, 15) is 0 Å². The van der Waals surface area contributed by atoms with E-state index in [1.807, 2.05) is 22.9 Å². The average Bonchev–Trinajstić information content (AvgIpc) is 2.63. The predicted molar refractivity (Wildman–Crippen MR) is 86.4 cm³/mol. The summed E-state index contributed by atoms with van der Waals surface area (Å²) in [4.78, 5) is 0. The van der Waals surface area contributed by atoms with Crippen LogP contribution in [0.1, 0.15) is 41.5 Å². The SMILES string of the molecule is CC(C)[Si](C#Cn1cccc1Br)(C(C)C)C(C)C. The number of aromatic nitrogens is 1. The van der Waals surface area contributed by atoms with Gasteiger partial charge in [0.25, 0.3) is 0 Å². The van der Waals surface area contributed by atoms with Crippen LogP contribution < -0.4 is 0 Å². The monoisotopic (exact) mass is 325 g/mol. The minimum Gasteiger partial charge on any atom is -0.271 e. The van der Waals surface area contributed by atoms with Crippen molar-refractivity contribution in [3.63, 3.8) is 0 Å². The van der Waals surface area contributed by atoms with E-state index in [1.165, 1.54) is 0 Å². The highest BCUT2D eigenvalue weighted by atomic mass is 79.9. The van der Waals surface area contributed by atoms with Crippen molar-refractivity contribution in [1.82, 2.24) is 4.57 Å². The Kier molecular flexibility index (Phi) is 5.30. The van der Waals surface area contributed by atoms with Crippen molar-refractivity contribution in [3.8, 4) is 11.6 Å². The molecule has 0 unspecified atom stereocenters. The van der Waals surface area contributed by atoms with Gasteiger partial charge in [0.2, 0.25) is 0 Å². The first-order valence-electron chi connectivity index (χ1n) is 6.68. The van der Waals surface area contributed by atoms with Gasteiger partial charge in [-0.1, -0.05) is 41.5 Å². The largest absolute Gasteiger partial charge is 0.271 e. The van der Waals surface area contributed by atoms with Gasteiger partial charge in [-0.3, -0.25) is 4.57 Å². The first-order valence-corrected chi connectivity index (χ1v) is 9.70. The molecule has 0 saturated heterocycles. The molecule has 0 radical (unpaired) electrons. The molecule has 0 saturated carbocycles. The fourth-order valence-corrected chi connectivity index (χ4v) is 8.58. The molecule has 0 aliphatic carbocycles. The lowest BCUT2D eigenvalue weighted by atomic mass is 10.5. The lowest BCUT2D eigenvalue weighted by Crippen LogP contribution is -2.43. The highest BCUT2D eigenvalue weighted by molar-refractivity contribution is 9.10. The molecule has 3 heteroatoms. The van der Waals surface area contributed by atoms with Crippen molar-refractivity contribution in [3.05, 3.63) is 22.9 Å². The van der Waals surface area contributed by atoms with Crippen molar-refractivity contribution in [2.24, 2.45) is 0 Å². The maximum atomic E-state index is 3.70. The summed E-state index contributed by atoms with van der Waals surface area (Å²) in [5, 5.41) is 0. The van der Waals surface area contributed by atoms with E-state index in [-0.39, 0.29) is 0 Å². The average molecular weight is 326 g/mol. The summed E-state index contributed by atoms with van der Waals surface area (Å²) in [6.45, 7) is 14.0. The summed E-state index contributed by atoms with van der Waals surface area (Å²) in [5.41, 5.74) is 5.74. The molecule has 18 heavy (non-hydrogen) atoms. The molecule has 1 heterocycles. The van der Waals surface area contributed by atoms with Gasteiger partial charge in [-0.15, -0.1) is 5.54 Å². The Morgan fingerprint density at radius 1 is 1.06 bits per heavy atom. The van der Waals surface area contributed by atoms with Gasteiger partial charge in [0.1, 0.15) is 8.07 Å². The lowest BCUT2D eigenvalue weighted by molar-refractivity contribution is 0.837. The van der Waals surface area contributed by atoms with E-state index in [0.717, 1.165) is 4.60 Å². The van der Waals surface area contributed by atoms with E-state index < -0.39 is 8.07 Å². The van der Waals surface area contributed by atoms with Crippen LogP contribution in [0.4, 0.5) is 0 Å². The molecule has 0 bridgehead atoms. The number of nitrogens with zero attached hydrogens (tertiary/aromatic N) is 1. The zero-order chi connectivity index (χ0) is 13.9. The molecule has 1 rings (SSSR count). The predicted octanol–water partition coefficient (Wildman–Crippen LogP) is 5.28. The normalized spacial score (nSPS) is 12.1. The Bertz CT molecular complexity index is 427. The van der Waals surface area contributed by atoms with E-state index >= 15 is 0 Å². The zero-order valence-electron chi connectivity index (χ0n) is 12.3. The highest BCUT2D eigenvalue weighted by Gasteiger charge is 2.41. The summed E-state index contributed by atoms with van der Waals surface area (Å²) in [7, 11) is -1.61. The first kappa shape index (κ1) is 15.6. The Balaban J connectivity index is 3.22. The van der Waals surface area contributed by atoms with Gasteiger partial charge in [0.05, 0.1) is 4.60 Å². The van der Waals surface area contributed by atoms with E-state index in [0.29, 0.717) is 16.6 Å². The highest BCUT2D eigenvalue weighted by Crippen LogP contribution is 2.40. The molecule has 1 nitrogen and oxygen atoms in total. The molecule has 0 atom stereocenters. The van der Waals surface area contributed by atoms with Gasteiger partial charge in [0, 0.05) is 12.2 Å². The standard InChI is InChI=1S/C15H24BrNSi/c1-12(2)18(13(3)4,14(5)6)11-10-17-9-7-8-15(17)16/h7-9,12-14H,1-6H3. The molecule has 100 valence electrons. The molecule has 0 spiro atoms. The summed E-state index contributed by atoms with van der Waals surface area (Å²) in [5.74, 6) is 0. The number of rotatable bonds is 3. The number of hydrogen-bond acceptors (Lipinski definition) is 0. The fraction of sp³-hybridized carbons (Fsp3) is 0.600. The molecule has 0 N–H and O–H groups in total. The van der Waals surface area contributed by atoms with Crippen molar-refractivity contribution in [2.75, 3.05) is 0 Å². The zero-order valence-corrected chi connectivity index (χ0v) is 14.9. The molecule has 0 fully saturated rings. The Labute approximate surface area is 121 Å². The van der Waals surface area contributed by atoms with Gasteiger partial charge in [-0.25, -0.2) is 0 Å². The van der Waals surface area contributed by atoms with Crippen LogP contribution in [0.5, 0.6) is 0 Å². The molecular weight excluding hydrogens is 302 g/mol. The van der Waals surface area contributed by atoms with Crippen LogP contribution in [-0.2, 0) is 0 Å². The third kappa shape index (κ3) is 2.92. The molecule has 0 aromatic carbocycles. The topological polar surface area (TPSA) is 4.93 Å². The lowest BCUT2D eigenvalue weighted by Gasteiger charge is -2.37. The van der Waals surface area contributed by atoms with Crippen LogP contribution in [-0.4, -0.2) is 12.6 Å². The van der Waals surface area contributed by atoms with Crippen LogP contribution in [0.25, 0.3) is 0 Å². The van der Waals surface area contributed by atoms with E-state index in [1.54, 1.807) is 0 Å². The molecule has 0 amide bonds. The second-order valence-corrected chi connectivity index (χ2v) is 12.2. The molecule has 0 aliphatic rings. The van der Waals surface area contributed by atoms with Crippen LogP contribution in [0, 0.1) is 11.6 Å². The van der Waals surface area contributed by atoms with Gasteiger partial charge in [0.15, 0.2) is 0 Å². The number of hydrogen-bond donors (Lipinski definition) is 0. The van der Waals surface area contributed by atoms with Crippen LogP contribution in [0.3, 0.4) is 0 Å². The Morgan fingerprint density at radius 3 is 1.89 bits per heavy atom. The molecule has 0 aliphatic heterocycles. The number of halogens is 1. The van der Waals surface area contributed by atoms with Gasteiger partial charge < -0.3 is 0 Å². The smallest absolute Gasteiger partial charge is 0.148 e. The van der Waals surface area contributed by atoms with Crippen molar-refractivity contribution in [1.29, 1.82) is 0 Å². The minimum atomic E-state index is -1.61. The first-order chi connectivity index (χ1) is 8.32. The third-order valence-electron chi connectivity index (χ3n) is 3.96. The third-order valence-corrected chi connectivity index (χ3v) is 10.9. The fourth-order valence-electron chi connectivity index (χ4n) is 3.04. The summed E-state index contributed by atoms with van der Waals surface area (Å²) >= 11 is 3.52. The van der Waals surface area contributed by atoms with E-state index in [2.05, 4.69) is 69.1 Å². The van der Waals surface area contributed by atoms with Crippen LogP contribution in [0.2, 0.25) is 16.6 Å². The summed E-state index contributed by atoms with van der Waals surface area (Å²) in [6, 6.07) is 7.40. The maximum absolute atomic E-state index is 3.70. The van der Waals surface area contributed by atoms with Crippen molar-refractivity contribution in [2.45, 2.75) is 58.2 Å². The van der Waals surface area contributed by atoms with Gasteiger partial charge >= 0.3 is 0 Å². The van der Waals surface area contributed by atoms with Crippen molar-refractivity contribution < 1.29 is 0 Å². The van der Waals surface area contributed by atoms with Crippen LogP contribution in [0.15, 0.2) is 22.9 Å². The Hall–Kier alpha value is -0.463. The Morgan fingerprint density at radius 2 is 1.56 bits per heavy atom. The molecule has 1 aromatic heterocycles. The van der Waals surface area contributed by atoms with Crippen LogP contribution >= 0.6 is 15.9 Å². The minimum absolute atomic E-state index is 0.680. The summed E-state index contributed by atoms with van der Waals surface area (Å²) in [6.07, 6.45) is 2.01. The molecule has 1 aromatic rings. The maximum Gasteiger partial charge on any atom is 0.148 e. The second-order valence-electron chi connectivity index (χ2n) is 5.83. The van der Waals surface area contributed by atoms with Gasteiger partial charge in [-0.2, -0.15) is 0 Å². The van der Waals surface area contributed by atoms with Crippen molar-refractivity contribution >= 4 is 24.0 Å². The van der Waals surface area contributed by atoms with E-state index in [4.69, 9.17) is 0 Å².